The van der Waals surface area contributed by atoms with E-state index in [9.17, 15) is 0 Å². The van der Waals surface area contributed by atoms with Crippen LogP contribution < -0.4 is 5.32 Å². The summed E-state index contributed by atoms with van der Waals surface area (Å²) in [6, 6.07) is 6.08. The molecule has 2 heterocycles. The molecule has 0 radical (unpaired) electrons. The lowest BCUT2D eigenvalue weighted by Crippen LogP contribution is -2.26. The SMILES string of the molecule is CN(CCO)CC1=CC(Nc2nc3ccc(Br)cc3s2)=NCC1. The molecule has 0 saturated heterocycles. The smallest absolute Gasteiger partial charge is 0.189 e. The van der Waals surface area contributed by atoms with Crippen molar-refractivity contribution in [2.45, 2.75) is 6.42 Å². The van der Waals surface area contributed by atoms with Gasteiger partial charge in [0.15, 0.2) is 5.13 Å². The van der Waals surface area contributed by atoms with Gasteiger partial charge >= 0.3 is 0 Å². The van der Waals surface area contributed by atoms with Crippen LogP contribution in [0.5, 0.6) is 0 Å². The number of fused-ring (bicyclic) bond motifs is 1. The van der Waals surface area contributed by atoms with Gasteiger partial charge in [0, 0.05) is 24.1 Å². The van der Waals surface area contributed by atoms with Gasteiger partial charge in [-0.3, -0.25) is 4.99 Å². The molecule has 1 aromatic carbocycles. The van der Waals surface area contributed by atoms with Crippen LogP contribution in [0.15, 0.2) is 39.3 Å². The zero-order valence-corrected chi connectivity index (χ0v) is 15.3. The number of aliphatic hydroxyl groups is 1. The molecule has 0 saturated carbocycles. The van der Waals surface area contributed by atoms with Gasteiger partial charge in [0.2, 0.25) is 0 Å². The molecule has 1 aromatic heterocycles. The van der Waals surface area contributed by atoms with Gasteiger partial charge in [0.25, 0.3) is 0 Å². The molecule has 0 unspecified atom stereocenters. The number of amidine groups is 1. The largest absolute Gasteiger partial charge is 0.395 e. The van der Waals surface area contributed by atoms with E-state index in [2.05, 4.69) is 48.3 Å². The number of hydrogen-bond acceptors (Lipinski definition) is 6. The average molecular weight is 395 g/mol. The molecule has 23 heavy (non-hydrogen) atoms. The summed E-state index contributed by atoms with van der Waals surface area (Å²) in [5.74, 6) is 0.863. The van der Waals surface area contributed by atoms with Gasteiger partial charge in [-0.15, -0.1) is 0 Å². The standard InChI is InChI=1S/C16H19BrN4OS/c1-21(6-7-22)10-11-4-5-18-15(8-11)20-16-19-13-3-2-12(17)9-14(13)23-16/h2-3,8-9,22H,4-7,10H2,1H3,(H,18,19,20). The van der Waals surface area contributed by atoms with Crippen molar-refractivity contribution >= 4 is 48.5 Å². The minimum Gasteiger partial charge on any atom is -0.395 e. The van der Waals surface area contributed by atoms with Crippen molar-refractivity contribution < 1.29 is 5.11 Å². The van der Waals surface area contributed by atoms with Crippen LogP contribution >= 0.6 is 27.3 Å². The summed E-state index contributed by atoms with van der Waals surface area (Å²) in [6.07, 6.45) is 3.06. The van der Waals surface area contributed by atoms with Crippen LogP contribution in [0.1, 0.15) is 6.42 Å². The van der Waals surface area contributed by atoms with E-state index in [1.54, 1.807) is 11.3 Å². The van der Waals surface area contributed by atoms with Crippen molar-refractivity contribution in [3.63, 3.8) is 0 Å². The monoisotopic (exact) mass is 394 g/mol. The van der Waals surface area contributed by atoms with Crippen molar-refractivity contribution in [3.05, 3.63) is 34.3 Å². The number of thiazole rings is 1. The summed E-state index contributed by atoms with van der Waals surface area (Å²) in [7, 11) is 2.02. The highest BCUT2D eigenvalue weighted by Crippen LogP contribution is 2.28. The molecule has 0 atom stereocenters. The third kappa shape index (κ3) is 4.38. The van der Waals surface area contributed by atoms with Crippen LogP contribution in [-0.4, -0.2) is 54.1 Å². The lowest BCUT2D eigenvalue weighted by Gasteiger charge is -2.19. The molecule has 0 bridgehead atoms. The number of halogens is 1. The van der Waals surface area contributed by atoms with Gasteiger partial charge < -0.3 is 15.3 Å². The first kappa shape index (κ1) is 16.6. The summed E-state index contributed by atoms with van der Waals surface area (Å²) in [4.78, 5) is 11.2. The van der Waals surface area contributed by atoms with Crippen molar-refractivity contribution in [3.8, 4) is 0 Å². The Kier molecular flexibility index (Phi) is 5.42. The van der Waals surface area contributed by atoms with Crippen LogP contribution in [0.3, 0.4) is 0 Å². The van der Waals surface area contributed by atoms with Gasteiger partial charge in [-0.2, -0.15) is 0 Å². The lowest BCUT2D eigenvalue weighted by atomic mass is 10.1. The van der Waals surface area contributed by atoms with Gasteiger partial charge in [-0.05, 0) is 37.7 Å². The summed E-state index contributed by atoms with van der Waals surface area (Å²) in [5, 5.41) is 13.2. The van der Waals surface area contributed by atoms with Crippen molar-refractivity contribution in [1.29, 1.82) is 0 Å². The Balaban J connectivity index is 1.70. The third-order valence-electron chi connectivity index (χ3n) is 3.60. The van der Waals surface area contributed by atoms with Crippen molar-refractivity contribution in [2.24, 2.45) is 4.99 Å². The Morgan fingerprint density at radius 2 is 2.30 bits per heavy atom. The number of aliphatic hydroxyl groups excluding tert-OH is 1. The van der Waals surface area contributed by atoms with Gasteiger partial charge in [-0.25, -0.2) is 4.98 Å². The van der Waals surface area contributed by atoms with Gasteiger partial charge in [-0.1, -0.05) is 32.8 Å². The fraction of sp³-hybridized carbons (Fsp3) is 0.375. The number of aromatic nitrogens is 1. The molecule has 1 aliphatic rings. The highest BCUT2D eigenvalue weighted by atomic mass is 79.9. The molecular formula is C16H19BrN4OS. The Labute approximate surface area is 147 Å². The fourth-order valence-electron chi connectivity index (χ4n) is 2.49. The molecule has 3 rings (SSSR count). The molecule has 122 valence electrons. The first-order chi connectivity index (χ1) is 11.1. The van der Waals surface area contributed by atoms with E-state index < -0.39 is 0 Å². The first-order valence-electron chi connectivity index (χ1n) is 7.50. The zero-order valence-electron chi connectivity index (χ0n) is 12.9. The number of nitrogens with zero attached hydrogens (tertiary/aromatic N) is 3. The summed E-state index contributed by atoms with van der Waals surface area (Å²) < 4.78 is 2.20. The second kappa shape index (κ2) is 7.53. The highest BCUT2D eigenvalue weighted by Gasteiger charge is 2.11. The molecule has 0 amide bonds. The fourth-order valence-corrected chi connectivity index (χ4v) is 3.91. The number of rotatable bonds is 5. The number of benzene rings is 1. The van der Waals surface area contributed by atoms with Crippen LogP contribution in [-0.2, 0) is 0 Å². The first-order valence-corrected chi connectivity index (χ1v) is 9.11. The van der Waals surface area contributed by atoms with Gasteiger partial charge in [0.1, 0.15) is 5.84 Å². The Morgan fingerprint density at radius 1 is 1.43 bits per heavy atom. The minimum absolute atomic E-state index is 0.185. The Hall–Kier alpha value is -1.28. The lowest BCUT2D eigenvalue weighted by molar-refractivity contribution is 0.229. The average Bonchev–Trinajstić information content (AvgIpc) is 2.89. The van der Waals surface area contributed by atoms with E-state index in [1.807, 2.05) is 19.2 Å². The zero-order chi connectivity index (χ0) is 16.2. The van der Waals surface area contributed by atoms with Crippen molar-refractivity contribution in [1.82, 2.24) is 9.88 Å². The van der Waals surface area contributed by atoms with E-state index >= 15 is 0 Å². The quantitative estimate of drug-likeness (QED) is 0.817. The number of hydrogen-bond donors (Lipinski definition) is 2. The summed E-state index contributed by atoms with van der Waals surface area (Å²) in [6.45, 7) is 2.51. The Morgan fingerprint density at radius 3 is 3.13 bits per heavy atom. The highest BCUT2D eigenvalue weighted by molar-refractivity contribution is 9.10. The predicted octanol–water partition coefficient (Wildman–Crippen LogP) is 3.12. The normalized spacial score (nSPS) is 15.0. The number of dihydropyridines is 1. The topological polar surface area (TPSA) is 60.8 Å². The number of nitrogens with one attached hydrogen (secondary N) is 1. The molecule has 0 spiro atoms. The maximum atomic E-state index is 8.99. The van der Waals surface area contributed by atoms with E-state index in [0.29, 0.717) is 6.54 Å². The Bertz CT molecular complexity index is 756. The maximum Gasteiger partial charge on any atom is 0.189 e. The molecule has 0 fully saturated rings. The van der Waals surface area contributed by atoms with Crippen LogP contribution in [0, 0.1) is 0 Å². The van der Waals surface area contributed by atoms with Crippen molar-refractivity contribution in [2.75, 3.05) is 38.6 Å². The molecule has 7 heteroatoms. The second-order valence-electron chi connectivity index (χ2n) is 5.54. The molecule has 1 aliphatic heterocycles. The van der Waals surface area contributed by atoms with Crippen LogP contribution in [0.2, 0.25) is 0 Å². The number of aliphatic imine (C=N–C) groups is 1. The molecule has 2 N–H and O–H groups in total. The third-order valence-corrected chi connectivity index (χ3v) is 5.02. The van der Waals surface area contributed by atoms with Crippen LogP contribution in [0.4, 0.5) is 5.13 Å². The van der Waals surface area contributed by atoms with Crippen LogP contribution in [0.25, 0.3) is 10.2 Å². The van der Waals surface area contributed by atoms with Gasteiger partial charge in [0.05, 0.1) is 16.8 Å². The van der Waals surface area contributed by atoms with E-state index in [4.69, 9.17) is 5.11 Å². The van der Waals surface area contributed by atoms with E-state index in [0.717, 1.165) is 45.2 Å². The van der Waals surface area contributed by atoms with E-state index in [-0.39, 0.29) is 6.61 Å². The molecule has 5 nitrogen and oxygen atoms in total. The summed E-state index contributed by atoms with van der Waals surface area (Å²) >= 11 is 5.11. The molecule has 2 aromatic rings. The van der Waals surface area contributed by atoms with E-state index in [1.165, 1.54) is 5.57 Å². The number of anilines is 1. The predicted molar refractivity (Wildman–Crippen MR) is 101 cm³/mol. The number of likely N-dealkylation sites (N-methyl/N-ethyl adjacent to an activating group) is 1. The summed E-state index contributed by atoms with van der Waals surface area (Å²) in [5.41, 5.74) is 2.31. The maximum absolute atomic E-state index is 8.99. The molecule has 0 aliphatic carbocycles. The second-order valence-corrected chi connectivity index (χ2v) is 7.48. The molecular weight excluding hydrogens is 376 g/mol. The minimum atomic E-state index is 0.185.